The van der Waals surface area contributed by atoms with Crippen molar-refractivity contribution >= 4 is 34.0 Å². The fraction of sp³-hybridized carbons (Fsp3) is 0.636. The number of halogens is 1. The number of nitrogens with one attached hydrogen (secondary N) is 1. The predicted octanol–water partition coefficient (Wildman–Crippen LogP) is 0.345. The Morgan fingerprint density at radius 2 is 2.11 bits per heavy atom. The van der Waals surface area contributed by atoms with Crippen LogP contribution in [0.5, 0.6) is 0 Å². The minimum Gasteiger partial charge on any atom is -0.395 e. The van der Waals surface area contributed by atoms with Gasteiger partial charge in [-0.15, -0.1) is 0 Å². The van der Waals surface area contributed by atoms with Gasteiger partial charge in [-0.05, 0) is 0 Å². The van der Waals surface area contributed by atoms with E-state index in [4.69, 9.17) is 16.7 Å². The fourth-order valence-electron chi connectivity index (χ4n) is 1.99. The van der Waals surface area contributed by atoms with E-state index in [1.807, 2.05) is 0 Å². The van der Waals surface area contributed by atoms with Crippen LogP contribution >= 0.6 is 22.9 Å². The highest BCUT2D eigenvalue weighted by Crippen LogP contribution is 2.22. The maximum absolute atomic E-state index is 11.8. The molecule has 1 aromatic heterocycles. The molecule has 0 aliphatic carbocycles. The maximum Gasteiger partial charge on any atom is 0.240 e. The van der Waals surface area contributed by atoms with Crippen molar-refractivity contribution in [3.05, 3.63) is 10.5 Å². The molecule has 1 amide bonds. The Bertz CT molecular complexity index is 421. The number of β-amino-alcohol motifs (C(OH)–C–C–N with tert-alkyl or cyclic N) is 1. The first-order chi connectivity index (χ1) is 9.17. The number of amides is 1. The number of aromatic nitrogens is 1. The second-order valence-electron chi connectivity index (χ2n) is 4.36. The first-order valence-corrected chi connectivity index (χ1v) is 7.33. The average Bonchev–Trinajstić information content (AvgIpc) is 2.77. The van der Waals surface area contributed by atoms with Crippen LogP contribution < -0.4 is 5.32 Å². The van der Waals surface area contributed by atoms with Gasteiger partial charge < -0.3 is 10.4 Å². The molecule has 1 aliphatic heterocycles. The zero-order valence-electron chi connectivity index (χ0n) is 10.5. The third kappa shape index (κ3) is 4.70. The van der Waals surface area contributed by atoms with Crippen LogP contribution in [0.1, 0.15) is 0 Å². The summed E-state index contributed by atoms with van der Waals surface area (Å²) in [6, 6.07) is 0. The lowest BCUT2D eigenvalue weighted by atomic mass is 10.3. The smallest absolute Gasteiger partial charge is 0.240 e. The summed E-state index contributed by atoms with van der Waals surface area (Å²) in [7, 11) is 0. The number of hydrogen-bond donors (Lipinski definition) is 2. The molecular formula is C11H17ClN4O2S. The predicted molar refractivity (Wildman–Crippen MR) is 75.7 cm³/mol. The van der Waals surface area contributed by atoms with Gasteiger partial charge in [-0.3, -0.25) is 14.6 Å². The number of rotatable bonds is 5. The third-order valence-corrected chi connectivity index (χ3v) is 4.00. The molecule has 1 fully saturated rings. The molecule has 8 heteroatoms. The van der Waals surface area contributed by atoms with Crippen molar-refractivity contribution in [2.24, 2.45) is 0 Å². The molecule has 2 N–H and O–H groups in total. The van der Waals surface area contributed by atoms with Gasteiger partial charge in [0.25, 0.3) is 0 Å². The van der Waals surface area contributed by atoms with Crippen molar-refractivity contribution in [3.63, 3.8) is 0 Å². The van der Waals surface area contributed by atoms with E-state index in [-0.39, 0.29) is 12.5 Å². The molecular weight excluding hydrogens is 288 g/mol. The second-order valence-corrected chi connectivity index (χ2v) is 6.02. The van der Waals surface area contributed by atoms with Crippen LogP contribution in [0.25, 0.3) is 0 Å². The second kappa shape index (κ2) is 7.16. The highest BCUT2D eigenvalue weighted by Gasteiger charge is 2.18. The van der Waals surface area contributed by atoms with E-state index in [0.29, 0.717) is 22.6 Å². The minimum absolute atomic E-state index is 0.0679. The molecule has 1 saturated heterocycles. The molecule has 0 unspecified atom stereocenters. The Morgan fingerprint density at radius 1 is 1.42 bits per heavy atom. The Balaban J connectivity index is 1.71. The maximum atomic E-state index is 11.8. The number of nitrogens with zero attached hydrogens (tertiary/aromatic N) is 3. The van der Waals surface area contributed by atoms with Crippen molar-refractivity contribution in [1.82, 2.24) is 14.8 Å². The molecule has 0 spiro atoms. The van der Waals surface area contributed by atoms with Crippen LogP contribution in [-0.4, -0.2) is 71.7 Å². The SMILES string of the molecule is O=C(CN1CCN(CCO)CC1)Nc1ncc(Cl)s1. The number of thiazole rings is 1. The van der Waals surface area contributed by atoms with Crippen molar-refractivity contribution in [2.75, 3.05) is 51.2 Å². The average molecular weight is 305 g/mol. The molecule has 2 heterocycles. The van der Waals surface area contributed by atoms with Gasteiger partial charge >= 0.3 is 0 Å². The summed E-state index contributed by atoms with van der Waals surface area (Å²) in [6.45, 7) is 4.71. The summed E-state index contributed by atoms with van der Waals surface area (Å²) in [4.78, 5) is 20.1. The normalized spacial score (nSPS) is 17.6. The lowest BCUT2D eigenvalue weighted by Crippen LogP contribution is -2.49. The Morgan fingerprint density at radius 3 is 2.68 bits per heavy atom. The van der Waals surface area contributed by atoms with Crippen LogP contribution in [0.4, 0.5) is 5.13 Å². The molecule has 6 nitrogen and oxygen atoms in total. The summed E-state index contributed by atoms with van der Waals surface area (Å²) in [6.07, 6.45) is 1.52. The molecule has 0 atom stereocenters. The summed E-state index contributed by atoms with van der Waals surface area (Å²) in [5, 5.41) is 12.1. The standard InChI is InChI=1S/C11H17ClN4O2S/c12-9-7-13-11(19-9)14-10(18)8-16-3-1-15(2-4-16)5-6-17/h7,17H,1-6,8H2,(H,13,14,18). The topological polar surface area (TPSA) is 68.7 Å². The molecule has 0 saturated carbocycles. The molecule has 1 aliphatic rings. The van der Waals surface area contributed by atoms with Crippen LogP contribution in [-0.2, 0) is 4.79 Å². The van der Waals surface area contributed by atoms with E-state index in [0.717, 1.165) is 26.2 Å². The number of carbonyl (C=O) groups is 1. The van der Waals surface area contributed by atoms with Gasteiger partial charge in [0.15, 0.2) is 5.13 Å². The largest absolute Gasteiger partial charge is 0.395 e. The van der Waals surface area contributed by atoms with Crippen molar-refractivity contribution in [1.29, 1.82) is 0 Å². The van der Waals surface area contributed by atoms with Gasteiger partial charge in [-0.1, -0.05) is 22.9 Å². The highest BCUT2D eigenvalue weighted by molar-refractivity contribution is 7.19. The van der Waals surface area contributed by atoms with E-state index in [9.17, 15) is 4.79 Å². The first kappa shape index (κ1) is 14.7. The number of anilines is 1. The summed E-state index contributed by atoms with van der Waals surface area (Å²) < 4.78 is 0.563. The zero-order chi connectivity index (χ0) is 13.7. The zero-order valence-corrected chi connectivity index (χ0v) is 12.1. The first-order valence-electron chi connectivity index (χ1n) is 6.14. The Hall–Kier alpha value is -0.730. The third-order valence-electron chi connectivity index (χ3n) is 2.97. The number of aliphatic hydroxyl groups excluding tert-OH is 1. The fourth-order valence-corrected chi connectivity index (χ4v) is 2.81. The lowest BCUT2D eigenvalue weighted by Gasteiger charge is -2.33. The summed E-state index contributed by atoms with van der Waals surface area (Å²) >= 11 is 7.00. The van der Waals surface area contributed by atoms with Gasteiger partial charge in [0.05, 0.1) is 19.3 Å². The van der Waals surface area contributed by atoms with E-state index in [1.54, 1.807) is 0 Å². The van der Waals surface area contributed by atoms with E-state index in [1.165, 1.54) is 17.5 Å². The molecule has 106 valence electrons. The van der Waals surface area contributed by atoms with Crippen molar-refractivity contribution in [2.45, 2.75) is 0 Å². The number of aliphatic hydroxyl groups is 1. The summed E-state index contributed by atoms with van der Waals surface area (Å²) in [5.74, 6) is -0.0679. The van der Waals surface area contributed by atoms with E-state index in [2.05, 4.69) is 20.1 Å². The quantitative estimate of drug-likeness (QED) is 0.821. The molecule has 19 heavy (non-hydrogen) atoms. The molecule has 0 bridgehead atoms. The van der Waals surface area contributed by atoms with Crippen molar-refractivity contribution in [3.8, 4) is 0 Å². The van der Waals surface area contributed by atoms with Crippen LogP contribution in [0.2, 0.25) is 4.34 Å². The van der Waals surface area contributed by atoms with Crippen molar-refractivity contribution < 1.29 is 9.90 Å². The van der Waals surface area contributed by atoms with Gasteiger partial charge in [0.2, 0.25) is 5.91 Å². The van der Waals surface area contributed by atoms with E-state index >= 15 is 0 Å². The van der Waals surface area contributed by atoms with Gasteiger partial charge in [0.1, 0.15) is 4.34 Å². The number of carbonyl (C=O) groups excluding carboxylic acids is 1. The Kier molecular flexibility index (Phi) is 5.53. The van der Waals surface area contributed by atoms with Crippen LogP contribution in [0.15, 0.2) is 6.20 Å². The van der Waals surface area contributed by atoms with E-state index < -0.39 is 0 Å². The van der Waals surface area contributed by atoms with Crippen LogP contribution in [0, 0.1) is 0 Å². The lowest BCUT2D eigenvalue weighted by molar-refractivity contribution is -0.117. The molecule has 2 rings (SSSR count). The molecule has 0 aromatic carbocycles. The molecule has 1 aromatic rings. The van der Waals surface area contributed by atoms with Gasteiger partial charge in [0, 0.05) is 32.7 Å². The Labute approximate surface area is 121 Å². The number of hydrogen-bond acceptors (Lipinski definition) is 6. The number of piperazine rings is 1. The highest BCUT2D eigenvalue weighted by atomic mass is 35.5. The monoisotopic (exact) mass is 304 g/mol. The minimum atomic E-state index is -0.0679. The van der Waals surface area contributed by atoms with Gasteiger partial charge in [-0.2, -0.15) is 0 Å². The molecule has 0 radical (unpaired) electrons. The van der Waals surface area contributed by atoms with Crippen LogP contribution in [0.3, 0.4) is 0 Å². The summed E-state index contributed by atoms with van der Waals surface area (Å²) in [5.41, 5.74) is 0. The van der Waals surface area contributed by atoms with Gasteiger partial charge in [-0.25, -0.2) is 4.98 Å².